The van der Waals surface area contributed by atoms with Gasteiger partial charge in [-0.2, -0.15) is 0 Å². The van der Waals surface area contributed by atoms with Crippen LogP contribution in [0.5, 0.6) is 0 Å². The molecule has 2 aromatic rings. The van der Waals surface area contributed by atoms with Crippen molar-refractivity contribution in [3.63, 3.8) is 0 Å². The Hall–Kier alpha value is -2.04. The third-order valence-electron chi connectivity index (χ3n) is 6.03. The number of urea groups is 1. The lowest BCUT2D eigenvalue weighted by atomic mass is 9.95. The number of fused-ring (bicyclic) bond motifs is 2. The fourth-order valence-electron chi connectivity index (χ4n) is 4.33. The maximum atomic E-state index is 14.6. The zero-order valence-corrected chi connectivity index (χ0v) is 19.8. The number of carbonyl (C=O) groups is 2. The SMILES string of the molecule is CCC(F)(F)c1sc2c(c1CNC(=O)Nc1sc3c(c1C(=O)OC)CCCC3)CCNC2. The molecule has 0 saturated heterocycles. The van der Waals surface area contributed by atoms with Gasteiger partial charge in [0.05, 0.1) is 17.6 Å². The Labute approximate surface area is 193 Å². The maximum Gasteiger partial charge on any atom is 0.341 e. The lowest BCUT2D eigenvalue weighted by Crippen LogP contribution is -2.30. The Kier molecular flexibility index (Phi) is 6.83. The van der Waals surface area contributed by atoms with Crippen LogP contribution in [-0.4, -0.2) is 25.7 Å². The van der Waals surface area contributed by atoms with Gasteiger partial charge in [0.2, 0.25) is 0 Å². The fraction of sp³-hybridized carbons (Fsp3) is 0.545. The second kappa shape index (κ2) is 9.44. The minimum Gasteiger partial charge on any atom is -0.465 e. The Bertz CT molecular complexity index is 1030. The molecule has 0 spiro atoms. The van der Waals surface area contributed by atoms with Gasteiger partial charge in [-0.1, -0.05) is 6.92 Å². The van der Waals surface area contributed by atoms with Crippen LogP contribution >= 0.6 is 22.7 Å². The highest BCUT2D eigenvalue weighted by Gasteiger charge is 2.37. The second-order valence-corrected chi connectivity index (χ2v) is 10.2. The first-order valence-corrected chi connectivity index (χ1v) is 12.5. The van der Waals surface area contributed by atoms with E-state index in [2.05, 4.69) is 16.0 Å². The number of rotatable bonds is 6. The molecular weight excluding hydrogens is 456 g/mol. The molecule has 0 fully saturated rings. The number of halogens is 2. The van der Waals surface area contributed by atoms with Crippen LogP contribution < -0.4 is 16.0 Å². The highest BCUT2D eigenvalue weighted by Crippen LogP contribution is 2.43. The predicted octanol–water partition coefficient (Wildman–Crippen LogP) is 4.94. The number of amides is 2. The van der Waals surface area contributed by atoms with E-state index in [-0.39, 0.29) is 17.8 Å². The molecule has 1 aliphatic heterocycles. The maximum absolute atomic E-state index is 14.6. The molecule has 3 heterocycles. The normalized spacial score (nSPS) is 15.6. The van der Waals surface area contributed by atoms with Gasteiger partial charge in [0, 0.05) is 29.3 Å². The monoisotopic (exact) mass is 483 g/mol. The van der Waals surface area contributed by atoms with E-state index in [4.69, 9.17) is 4.74 Å². The molecular formula is C22H27F2N3O3S2. The zero-order valence-electron chi connectivity index (χ0n) is 18.2. The van der Waals surface area contributed by atoms with Gasteiger partial charge in [0.1, 0.15) is 5.00 Å². The molecule has 174 valence electrons. The molecule has 3 N–H and O–H groups in total. The smallest absolute Gasteiger partial charge is 0.341 e. The largest absolute Gasteiger partial charge is 0.465 e. The first-order valence-electron chi connectivity index (χ1n) is 10.9. The molecule has 10 heteroatoms. The first-order chi connectivity index (χ1) is 15.4. The number of aryl methyl sites for hydroxylation is 1. The number of nitrogens with one attached hydrogen (secondary N) is 3. The number of hydrogen-bond acceptors (Lipinski definition) is 6. The van der Waals surface area contributed by atoms with Crippen LogP contribution in [0.2, 0.25) is 0 Å². The molecule has 2 amide bonds. The summed E-state index contributed by atoms with van der Waals surface area (Å²) >= 11 is 2.53. The average Bonchev–Trinajstić information content (AvgIpc) is 3.35. The molecule has 0 radical (unpaired) electrons. The van der Waals surface area contributed by atoms with Crippen molar-refractivity contribution in [3.05, 3.63) is 36.9 Å². The second-order valence-electron chi connectivity index (χ2n) is 8.01. The Morgan fingerprint density at radius 3 is 2.66 bits per heavy atom. The van der Waals surface area contributed by atoms with Crippen LogP contribution in [0.1, 0.15) is 67.9 Å². The highest BCUT2D eigenvalue weighted by atomic mass is 32.1. The van der Waals surface area contributed by atoms with Gasteiger partial charge >= 0.3 is 12.0 Å². The van der Waals surface area contributed by atoms with Crippen molar-refractivity contribution in [2.75, 3.05) is 19.0 Å². The van der Waals surface area contributed by atoms with Crippen LogP contribution in [0.25, 0.3) is 0 Å². The van der Waals surface area contributed by atoms with Crippen LogP contribution in [-0.2, 0) is 43.0 Å². The summed E-state index contributed by atoms with van der Waals surface area (Å²) in [4.78, 5) is 27.1. The third kappa shape index (κ3) is 4.40. The van der Waals surface area contributed by atoms with E-state index in [0.717, 1.165) is 64.4 Å². The van der Waals surface area contributed by atoms with Gasteiger partial charge in [0.15, 0.2) is 0 Å². The lowest BCUT2D eigenvalue weighted by molar-refractivity contribution is -0.00531. The van der Waals surface area contributed by atoms with Crippen molar-refractivity contribution < 1.29 is 23.1 Å². The highest BCUT2D eigenvalue weighted by molar-refractivity contribution is 7.17. The molecule has 2 aromatic heterocycles. The van der Waals surface area contributed by atoms with E-state index in [9.17, 15) is 18.4 Å². The summed E-state index contributed by atoms with van der Waals surface area (Å²) in [5.74, 6) is -3.40. The number of carbonyl (C=O) groups excluding carboxylic acids is 2. The molecule has 6 nitrogen and oxygen atoms in total. The Balaban J connectivity index is 1.54. The van der Waals surface area contributed by atoms with Gasteiger partial charge < -0.3 is 15.4 Å². The Morgan fingerprint density at radius 2 is 1.91 bits per heavy atom. The summed E-state index contributed by atoms with van der Waals surface area (Å²) < 4.78 is 34.2. The van der Waals surface area contributed by atoms with E-state index in [1.54, 1.807) is 0 Å². The van der Waals surface area contributed by atoms with Gasteiger partial charge in [-0.05, 0) is 55.3 Å². The van der Waals surface area contributed by atoms with Gasteiger partial charge in [0.25, 0.3) is 5.92 Å². The fourth-order valence-corrected chi connectivity index (χ4v) is 6.98. The van der Waals surface area contributed by atoms with E-state index >= 15 is 0 Å². The lowest BCUT2D eigenvalue weighted by Gasteiger charge is -2.17. The number of methoxy groups -OCH3 is 1. The number of ether oxygens (including phenoxy) is 1. The molecule has 0 saturated carbocycles. The quantitative estimate of drug-likeness (QED) is 0.509. The summed E-state index contributed by atoms with van der Waals surface area (Å²) in [6.07, 6.45) is 4.07. The van der Waals surface area contributed by atoms with Gasteiger partial charge in [-0.15, -0.1) is 22.7 Å². The zero-order chi connectivity index (χ0) is 22.9. The van der Waals surface area contributed by atoms with E-state index < -0.39 is 17.9 Å². The molecule has 0 aromatic carbocycles. The number of anilines is 1. The van der Waals surface area contributed by atoms with E-state index in [1.807, 2.05) is 0 Å². The van der Waals surface area contributed by atoms with Crippen molar-refractivity contribution in [1.29, 1.82) is 0 Å². The number of thiophene rings is 2. The summed E-state index contributed by atoms with van der Waals surface area (Å²) in [5, 5.41) is 9.18. The first kappa shape index (κ1) is 23.1. The van der Waals surface area contributed by atoms with E-state index in [1.165, 1.54) is 25.4 Å². The van der Waals surface area contributed by atoms with E-state index in [0.29, 0.717) is 29.1 Å². The van der Waals surface area contributed by atoms with Crippen molar-refractivity contribution in [1.82, 2.24) is 10.6 Å². The van der Waals surface area contributed by atoms with Crippen molar-refractivity contribution >= 4 is 39.7 Å². The minimum atomic E-state index is -2.93. The van der Waals surface area contributed by atoms with Crippen molar-refractivity contribution in [2.24, 2.45) is 0 Å². The summed E-state index contributed by atoms with van der Waals surface area (Å²) in [6.45, 7) is 2.78. The summed E-state index contributed by atoms with van der Waals surface area (Å²) in [5.41, 5.74) is 2.80. The number of hydrogen-bond donors (Lipinski definition) is 3. The number of alkyl halides is 2. The topological polar surface area (TPSA) is 79.5 Å². The molecule has 0 unspecified atom stereocenters. The van der Waals surface area contributed by atoms with Crippen LogP contribution in [0.15, 0.2) is 0 Å². The predicted molar refractivity (Wildman–Crippen MR) is 122 cm³/mol. The standard InChI is InChI=1S/C22H27F2N3O3S2/c1-3-22(23,24)18-14(12-8-9-25-11-16(12)31-18)10-26-21(29)27-19-17(20(28)30-2)13-6-4-5-7-15(13)32-19/h25H,3-11H2,1-2H3,(H2,26,27,29). The average molecular weight is 484 g/mol. The summed E-state index contributed by atoms with van der Waals surface area (Å²) in [6, 6.07) is -0.520. The van der Waals surface area contributed by atoms with Gasteiger partial charge in [-0.3, -0.25) is 5.32 Å². The van der Waals surface area contributed by atoms with Gasteiger partial charge in [-0.25, -0.2) is 18.4 Å². The molecule has 0 bridgehead atoms. The molecule has 32 heavy (non-hydrogen) atoms. The van der Waals surface area contributed by atoms with Crippen LogP contribution in [0, 0.1) is 0 Å². The van der Waals surface area contributed by atoms with Crippen molar-refractivity contribution in [2.45, 2.75) is 64.5 Å². The minimum absolute atomic E-state index is 0.0151. The molecule has 2 aliphatic rings. The summed E-state index contributed by atoms with van der Waals surface area (Å²) in [7, 11) is 1.32. The number of esters is 1. The van der Waals surface area contributed by atoms with Crippen molar-refractivity contribution in [3.8, 4) is 0 Å². The molecule has 4 rings (SSSR count). The Morgan fingerprint density at radius 1 is 1.12 bits per heavy atom. The molecule has 1 aliphatic carbocycles. The van der Waals surface area contributed by atoms with Crippen LogP contribution in [0.3, 0.4) is 0 Å². The molecule has 0 atom stereocenters. The third-order valence-corrected chi connectivity index (χ3v) is 8.62. The van der Waals surface area contributed by atoms with Crippen LogP contribution in [0.4, 0.5) is 18.6 Å².